The third kappa shape index (κ3) is 4.23. The molecule has 0 radical (unpaired) electrons. The Kier molecular flexibility index (Phi) is 5.90. The molecule has 140 valence electrons. The Hall–Kier alpha value is -2.38. The number of hydrogen-bond donors (Lipinski definition) is 2. The third-order valence-corrected chi connectivity index (χ3v) is 4.69. The number of aromatic nitrogens is 2. The highest BCUT2D eigenvalue weighted by Gasteiger charge is 2.24. The van der Waals surface area contributed by atoms with Gasteiger partial charge in [0.2, 0.25) is 0 Å². The van der Waals surface area contributed by atoms with E-state index in [9.17, 15) is 9.90 Å². The summed E-state index contributed by atoms with van der Waals surface area (Å²) in [4.78, 5) is 14.9. The van der Waals surface area contributed by atoms with Crippen molar-refractivity contribution < 1.29 is 14.6 Å². The average Bonchev–Trinajstić information content (AvgIpc) is 3.10. The minimum Gasteiger partial charge on any atom is -0.496 e. The van der Waals surface area contributed by atoms with Gasteiger partial charge >= 0.3 is 0 Å². The second kappa shape index (κ2) is 8.33. The first-order chi connectivity index (χ1) is 12.6. The van der Waals surface area contributed by atoms with Gasteiger partial charge in [-0.05, 0) is 31.9 Å². The molecule has 2 N–H and O–H groups in total. The van der Waals surface area contributed by atoms with Gasteiger partial charge < -0.3 is 20.1 Å². The van der Waals surface area contributed by atoms with Crippen molar-refractivity contribution in [1.82, 2.24) is 14.7 Å². The summed E-state index contributed by atoms with van der Waals surface area (Å²) in [5.74, 6) is 1.02. The van der Waals surface area contributed by atoms with Crippen LogP contribution in [0.25, 0.3) is 0 Å². The Bertz CT molecular complexity index is 736. The molecule has 1 saturated heterocycles. The van der Waals surface area contributed by atoms with Crippen LogP contribution in [0.15, 0.2) is 36.5 Å². The second-order valence-corrected chi connectivity index (χ2v) is 6.70. The van der Waals surface area contributed by atoms with Gasteiger partial charge in [-0.2, -0.15) is 5.10 Å². The van der Waals surface area contributed by atoms with Gasteiger partial charge in [0.1, 0.15) is 11.6 Å². The van der Waals surface area contributed by atoms with Crippen molar-refractivity contribution >= 4 is 11.7 Å². The lowest BCUT2D eigenvalue weighted by molar-refractivity contribution is 0.0986. The molecule has 2 aromatic rings. The van der Waals surface area contributed by atoms with E-state index in [0.717, 1.165) is 25.9 Å². The first-order valence-corrected chi connectivity index (χ1v) is 8.96. The number of carbonyl (C=O) groups excluding carboxylic acids is 1. The van der Waals surface area contributed by atoms with Crippen LogP contribution in [0.2, 0.25) is 0 Å². The van der Waals surface area contributed by atoms with Crippen LogP contribution >= 0.6 is 0 Å². The van der Waals surface area contributed by atoms with Crippen molar-refractivity contribution in [3.63, 3.8) is 0 Å². The van der Waals surface area contributed by atoms with Gasteiger partial charge in [-0.15, -0.1) is 0 Å². The molecule has 0 spiro atoms. The standard InChI is InChI=1S/C19H26N4O3/c1-14(24)13-22-11-8-15(9-12-22)23-18(7-10-20-23)21-19(25)16-5-3-4-6-17(16)26-2/h3-7,10,14-15,24H,8-9,11-13H2,1-2H3,(H,21,25)/t14-/m0/s1. The van der Waals surface area contributed by atoms with Crippen LogP contribution in [0.1, 0.15) is 36.2 Å². The van der Waals surface area contributed by atoms with E-state index in [1.807, 2.05) is 29.8 Å². The second-order valence-electron chi connectivity index (χ2n) is 6.70. The fourth-order valence-corrected chi connectivity index (χ4v) is 3.44. The minimum atomic E-state index is -0.313. The Morgan fingerprint density at radius 2 is 2.08 bits per heavy atom. The number of carbonyl (C=O) groups is 1. The van der Waals surface area contributed by atoms with E-state index in [4.69, 9.17) is 4.74 Å². The number of hydrogen-bond acceptors (Lipinski definition) is 5. The molecule has 1 fully saturated rings. The number of amides is 1. The fourth-order valence-electron chi connectivity index (χ4n) is 3.44. The molecular weight excluding hydrogens is 332 g/mol. The number of β-amino-alcohol motifs (C(OH)–C–C–N with tert-alkyl or cyclic N) is 1. The molecule has 2 heterocycles. The number of benzene rings is 1. The van der Waals surface area contributed by atoms with E-state index >= 15 is 0 Å². The largest absolute Gasteiger partial charge is 0.496 e. The maximum atomic E-state index is 12.6. The summed E-state index contributed by atoms with van der Waals surface area (Å²) in [6, 6.07) is 9.21. The number of nitrogens with zero attached hydrogens (tertiary/aromatic N) is 3. The maximum absolute atomic E-state index is 12.6. The highest BCUT2D eigenvalue weighted by molar-refractivity contribution is 6.05. The summed E-state index contributed by atoms with van der Waals surface area (Å²) < 4.78 is 7.16. The van der Waals surface area contributed by atoms with E-state index < -0.39 is 0 Å². The van der Waals surface area contributed by atoms with Gasteiger partial charge in [0.15, 0.2) is 0 Å². The summed E-state index contributed by atoms with van der Waals surface area (Å²) in [6.45, 7) is 4.33. The maximum Gasteiger partial charge on any atom is 0.260 e. The molecule has 7 heteroatoms. The van der Waals surface area contributed by atoms with E-state index in [1.54, 1.807) is 25.4 Å². The van der Waals surface area contributed by atoms with Crippen LogP contribution in [0, 0.1) is 0 Å². The Labute approximate surface area is 153 Å². The van der Waals surface area contributed by atoms with Gasteiger partial charge in [0.25, 0.3) is 5.91 Å². The Morgan fingerprint density at radius 3 is 2.77 bits per heavy atom. The molecule has 3 rings (SSSR count). The number of nitrogens with one attached hydrogen (secondary N) is 1. The topological polar surface area (TPSA) is 79.6 Å². The zero-order chi connectivity index (χ0) is 18.5. The highest BCUT2D eigenvalue weighted by Crippen LogP contribution is 2.26. The lowest BCUT2D eigenvalue weighted by Crippen LogP contribution is -2.39. The first kappa shape index (κ1) is 18.4. The van der Waals surface area contributed by atoms with Gasteiger partial charge in [0, 0.05) is 25.7 Å². The van der Waals surface area contributed by atoms with E-state index in [0.29, 0.717) is 23.7 Å². The van der Waals surface area contributed by atoms with Gasteiger partial charge in [0.05, 0.1) is 31.0 Å². The molecule has 1 amide bonds. The van der Waals surface area contributed by atoms with Crippen LogP contribution in [-0.2, 0) is 0 Å². The number of ether oxygens (including phenoxy) is 1. The molecule has 1 aromatic carbocycles. The van der Waals surface area contributed by atoms with Crippen molar-refractivity contribution in [2.75, 3.05) is 32.1 Å². The minimum absolute atomic E-state index is 0.212. The molecule has 0 unspecified atom stereocenters. The zero-order valence-corrected chi connectivity index (χ0v) is 15.3. The summed E-state index contributed by atoms with van der Waals surface area (Å²) in [6.07, 6.45) is 3.27. The fraction of sp³-hybridized carbons (Fsp3) is 0.474. The summed E-state index contributed by atoms with van der Waals surface area (Å²) in [7, 11) is 1.55. The van der Waals surface area contributed by atoms with Crippen molar-refractivity contribution in [2.45, 2.75) is 31.9 Å². The number of rotatable bonds is 6. The van der Waals surface area contributed by atoms with Crippen LogP contribution < -0.4 is 10.1 Å². The first-order valence-electron chi connectivity index (χ1n) is 8.96. The monoisotopic (exact) mass is 358 g/mol. The van der Waals surface area contributed by atoms with Crippen LogP contribution in [0.3, 0.4) is 0 Å². The lowest BCUT2D eigenvalue weighted by Gasteiger charge is -2.33. The molecule has 1 aliphatic rings. The number of likely N-dealkylation sites (tertiary alicyclic amines) is 1. The zero-order valence-electron chi connectivity index (χ0n) is 15.3. The number of aliphatic hydroxyl groups is 1. The lowest BCUT2D eigenvalue weighted by atomic mass is 10.0. The number of piperidine rings is 1. The van der Waals surface area contributed by atoms with E-state index in [2.05, 4.69) is 15.3 Å². The van der Waals surface area contributed by atoms with Crippen molar-refractivity contribution in [2.24, 2.45) is 0 Å². The van der Waals surface area contributed by atoms with Crippen LogP contribution in [0.5, 0.6) is 5.75 Å². The molecule has 7 nitrogen and oxygen atoms in total. The molecule has 1 aliphatic heterocycles. The predicted molar refractivity (Wildman–Crippen MR) is 99.6 cm³/mol. The third-order valence-electron chi connectivity index (χ3n) is 4.69. The molecular formula is C19H26N4O3. The van der Waals surface area contributed by atoms with Crippen LogP contribution in [-0.4, -0.2) is 58.5 Å². The van der Waals surface area contributed by atoms with Gasteiger partial charge in [-0.3, -0.25) is 4.79 Å². The normalized spacial score (nSPS) is 17.0. The molecule has 26 heavy (non-hydrogen) atoms. The quantitative estimate of drug-likeness (QED) is 0.827. The van der Waals surface area contributed by atoms with Crippen molar-refractivity contribution in [3.05, 3.63) is 42.1 Å². The smallest absolute Gasteiger partial charge is 0.260 e. The molecule has 0 bridgehead atoms. The molecule has 1 aromatic heterocycles. The summed E-state index contributed by atoms with van der Waals surface area (Å²) >= 11 is 0. The Balaban J connectivity index is 1.67. The number of methoxy groups -OCH3 is 1. The molecule has 0 saturated carbocycles. The molecule has 1 atom stereocenters. The van der Waals surface area contributed by atoms with Crippen LogP contribution in [0.4, 0.5) is 5.82 Å². The predicted octanol–water partition coefficient (Wildman–Crippen LogP) is 2.16. The van der Waals surface area contributed by atoms with E-state index in [-0.39, 0.29) is 18.1 Å². The summed E-state index contributed by atoms with van der Waals surface area (Å²) in [5.41, 5.74) is 0.495. The van der Waals surface area contributed by atoms with E-state index in [1.165, 1.54) is 0 Å². The SMILES string of the molecule is COc1ccccc1C(=O)Nc1ccnn1C1CCN(C[C@H](C)O)CC1. The van der Waals surface area contributed by atoms with Gasteiger partial charge in [-0.25, -0.2) is 4.68 Å². The number of para-hydroxylation sites is 1. The van der Waals surface area contributed by atoms with Crippen molar-refractivity contribution in [1.29, 1.82) is 0 Å². The summed E-state index contributed by atoms with van der Waals surface area (Å²) in [5, 5.41) is 16.9. The Morgan fingerprint density at radius 1 is 1.35 bits per heavy atom. The van der Waals surface area contributed by atoms with Crippen molar-refractivity contribution in [3.8, 4) is 5.75 Å². The number of anilines is 1. The molecule has 0 aliphatic carbocycles. The number of aliphatic hydroxyl groups excluding tert-OH is 1. The van der Waals surface area contributed by atoms with Gasteiger partial charge in [-0.1, -0.05) is 12.1 Å². The average molecular weight is 358 g/mol. The highest BCUT2D eigenvalue weighted by atomic mass is 16.5.